The number of pyridine rings is 1. The number of fused-ring (bicyclic) bond motifs is 1. The third-order valence-corrected chi connectivity index (χ3v) is 2.88. The van der Waals surface area contributed by atoms with Crippen molar-refractivity contribution in [1.82, 2.24) is 9.61 Å². The molecule has 0 fully saturated rings. The van der Waals surface area contributed by atoms with Crippen LogP contribution in [0.25, 0.3) is 5.52 Å². The van der Waals surface area contributed by atoms with Gasteiger partial charge in [0, 0.05) is 6.07 Å². The van der Waals surface area contributed by atoms with Crippen LogP contribution in [0.2, 0.25) is 0 Å². The summed E-state index contributed by atoms with van der Waals surface area (Å²) in [6.45, 7) is 0. The van der Waals surface area contributed by atoms with E-state index in [1.54, 1.807) is 37.1 Å². The summed E-state index contributed by atoms with van der Waals surface area (Å²) in [5.74, 6) is 1.12. The molecule has 0 amide bonds. The number of nitrogens with zero attached hydrogens (tertiary/aromatic N) is 2. The molecule has 0 atom stereocenters. The maximum Gasteiger partial charge on any atom is 0.193 e. The van der Waals surface area contributed by atoms with Gasteiger partial charge in [-0.05, 0) is 6.07 Å². The van der Waals surface area contributed by atoms with Crippen LogP contribution < -0.4 is 9.47 Å². The molecule has 6 heteroatoms. The fourth-order valence-corrected chi connectivity index (χ4v) is 1.81. The lowest BCUT2D eigenvalue weighted by molar-refractivity contribution is 0.101. The summed E-state index contributed by atoms with van der Waals surface area (Å²) in [5.41, 5.74) is 1.20. The van der Waals surface area contributed by atoms with Gasteiger partial charge in [-0.2, -0.15) is 5.10 Å². The Morgan fingerprint density at radius 2 is 2.06 bits per heavy atom. The molecule has 0 aliphatic carbocycles. The highest BCUT2D eigenvalue weighted by Crippen LogP contribution is 2.28. The van der Waals surface area contributed by atoms with Gasteiger partial charge in [0.1, 0.15) is 5.69 Å². The topological polar surface area (TPSA) is 52.8 Å². The number of Topliss-reactive ketones (excluding diaryl/α,β-unsaturated/α-hetero) is 1. The molecule has 0 unspecified atom stereocenters. The fourth-order valence-electron chi connectivity index (χ4n) is 1.52. The molecule has 0 aliphatic heterocycles. The highest BCUT2D eigenvalue weighted by molar-refractivity contribution is 9.09. The average Bonchev–Trinajstić information content (AvgIpc) is 2.78. The molecule has 90 valence electrons. The number of hydrogen-bond acceptors (Lipinski definition) is 4. The standard InChI is InChI=1S/C11H11BrN2O3/c1-16-10-4-7-3-8(9(15)5-12)13-14(7)6-11(10)17-2/h3-4,6H,5H2,1-2H3. The number of halogens is 1. The van der Waals surface area contributed by atoms with Crippen LogP contribution in [-0.4, -0.2) is 34.9 Å². The zero-order valence-corrected chi connectivity index (χ0v) is 11.0. The zero-order chi connectivity index (χ0) is 12.4. The second kappa shape index (κ2) is 4.75. The summed E-state index contributed by atoms with van der Waals surface area (Å²) < 4.78 is 11.9. The first-order chi connectivity index (χ1) is 8.19. The first-order valence-electron chi connectivity index (χ1n) is 4.90. The Hall–Kier alpha value is -1.56. The Bertz CT molecular complexity index is 524. The number of ether oxygens (including phenoxy) is 2. The van der Waals surface area contributed by atoms with Crippen molar-refractivity contribution in [3.8, 4) is 11.5 Å². The van der Waals surface area contributed by atoms with Gasteiger partial charge >= 0.3 is 0 Å². The lowest BCUT2D eigenvalue weighted by atomic mass is 10.3. The van der Waals surface area contributed by atoms with Gasteiger partial charge in [0.15, 0.2) is 17.3 Å². The van der Waals surface area contributed by atoms with Crippen LogP contribution in [0.15, 0.2) is 18.3 Å². The van der Waals surface area contributed by atoms with E-state index in [4.69, 9.17) is 9.47 Å². The highest BCUT2D eigenvalue weighted by atomic mass is 79.9. The lowest BCUT2D eigenvalue weighted by Crippen LogP contribution is -2.01. The van der Waals surface area contributed by atoms with E-state index < -0.39 is 0 Å². The minimum atomic E-state index is -0.0633. The van der Waals surface area contributed by atoms with Crippen LogP contribution in [-0.2, 0) is 0 Å². The minimum absolute atomic E-state index is 0.0633. The third kappa shape index (κ3) is 2.12. The maximum atomic E-state index is 11.5. The summed E-state index contributed by atoms with van der Waals surface area (Å²) in [6, 6.07) is 3.49. The number of ketones is 1. The first-order valence-corrected chi connectivity index (χ1v) is 6.02. The number of methoxy groups -OCH3 is 2. The molecule has 0 saturated heterocycles. The van der Waals surface area contributed by atoms with Crippen LogP contribution in [0.1, 0.15) is 10.5 Å². The maximum absolute atomic E-state index is 11.5. The van der Waals surface area contributed by atoms with Gasteiger partial charge in [0.25, 0.3) is 0 Å². The third-order valence-electron chi connectivity index (χ3n) is 2.37. The molecule has 2 heterocycles. The average molecular weight is 299 g/mol. The quantitative estimate of drug-likeness (QED) is 0.639. The van der Waals surface area contributed by atoms with Gasteiger partial charge in [-0.1, -0.05) is 15.9 Å². The lowest BCUT2D eigenvalue weighted by Gasteiger charge is -2.06. The number of alkyl halides is 1. The van der Waals surface area contributed by atoms with Gasteiger partial charge in [-0.15, -0.1) is 0 Å². The van der Waals surface area contributed by atoms with Crippen molar-refractivity contribution in [3.05, 3.63) is 24.0 Å². The number of rotatable bonds is 4. The van der Waals surface area contributed by atoms with Crippen molar-refractivity contribution in [1.29, 1.82) is 0 Å². The molecule has 2 aromatic heterocycles. The van der Waals surface area contributed by atoms with Crippen molar-refractivity contribution in [2.24, 2.45) is 0 Å². The zero-order valence-electron chi connectivity index (χ0n) is 9.44. The van der Waals surface area contributed by atoms with Crippen molar-refractivity contribution in [2.75, 3.05) is 19.5 Å². The van der Waals surface area contributed by atoms with Gasteiger partial charge < -0.3 is 9.47 Å². The fraction of sp³-hybridized carbons (Fsp3) is 0.273. The van der Waals surface area contributed by atoms with Gasteiger partial charge in [0.2, 0.25) is 0 Å². The van der Waals surface area contributed by atoms with E-state index in [0.717, 1.165) is 5.52 Å². The summed E-state index contributed by atoms with van der Waals surface area (Å²) in [6.07, 6.45) is 1.68. The van der Waals surface area contributed by atoms with Gasteiger partial charge in [-0.3, -0.25) is 4.79 Å². The second-order valence-electron chi connectivity index (χ2n) is 3.37. The van der Waals surface area contributed by atoms with E-state index in [1.807, 2.05) is 0 Å². The molecule has 0 N–H and O–H groups in total. The van der Waals surface area contributed by atoms with Crippen LogP contribution in [0.3, 0.4) is 0 Å². The first kappa shape index (κ1) is 11.9. The van der Waals surface area contributed by atoms with Crippen molar-refractivity contribution >= 4 is 27.2 Å². The second-order valence-corrected chi connectivity index (χ2v) is 3.93. The molecule has 0 radical (unpaired) electrons. The van der Waals surface area contributed by atoms with Crippen LogP contribution in [0.4, 0.5) is 0 Å². The summed E-state index contributed by atoms with van der Waals surface area (Å²) in [4.78, 5) is 11.5. The van der Waals surface area contributed by atoms with E-state index in [-0.39, 0.29) is 11.1 Å². The van der Waals surface area contributed by atoms with Crippen LogP contribution >= 0.6 is 15.9 Å². The SMILES string of the molecule is COc1cc2cc(C(=O)CBr)nn2cc1OC. The number of aromatic nitrogens is 2. The molecule has 2 rings (SSSR count). The number of hydrogen-bond donors (Lipinski definition) is 0. The summed E-state index contributed by atoms with van der Waals surface area (Å²) in [5, 5.41) is 4.42. The van der Waals surface area contributed by atoms with Gasteiger partial charge in [-0.25, -0.2) is 4.52 Å². The van der Waals surface area contributed by atoms with E-state index >= 15 is 0 Å². The van der Waals surface area contributed by atoms with Crippen molar-refractivity contribution < 1.29 is 14.3 Å². The molecule has 0 saturated carbocycles. The highest BCUT2D eigenvalue weighted by Gasteiger charge is 2.12. The minimum Gasteiger partial charge on any atom is -0.493 e. The summed E-state index contributed by atoms with van der Waals surface area (Å²) >= 11 is 3.12. The van der Waals surface area contributed by atoms with Crippen LogP contribution in [0, 0.1) is 0 Å². The summed E-state index contributed by atoms with van der Waals surface area (Å²) in [7, 11) is 3.12. The van der Waals surface area contributed by atoms with E-state index in [9.17, 15) is 4.79 Å². The van der Waals surface area contributed by atoms with Crippen molar-refractivity contribution in [2.45, 2.75) is 0 Å². The monoisotopic (exact) mass is 298 g/mol. The Kier molecular flexibility index (Phi) is 3.33. The predicted octanol–water partition coefficient (Wildman–Crippen LogP) is 1.93. The Labute approximate surface area is 106 Å². The van der Waals surface area contributed by atoms with Gasteiger partial charge in [0.05, 0.1) is 31.3 Å². The predicted molar refractivity (Wildman–Crippen MR) is 66.4 cm³/mol. The molecular formula is C11H11BrN2O3. The van der Waals surface area contributed by atoms with Crippen molar-refractivity contribution in [3.63, 3.8) is 0 Å². The smallest absolute Gasteiger partial charge is 0.193 e. The Balaban J connectivity index is 2.57. The Morgan fingerprint density at radius 1 is 1.35 bits per heavy atom. The van der Waals surface area contributed by atoms with E-state index in [0.29, 0.717) is 17.2 Å². The largest absolute Gasteiger partial charge is 0.493 e. The van der Waals surface area contributed by atoms with E-state index in [1.165, 1.54) is 0 Å². The molecule has 17 heavy (non-hydrogen) atoms. The molecule has 5 nitrogen and oxygen atoms in total. The normalized spacial score (nSPS) is 10.5. The van der Waals surface area contributed by atoms with Crippen LogP contribution in [0.5, 0.6) is 11.5 Å². The number of carbonyl (C=O) groups excluding carboxylic acids is 1. The molecular weight excluding hydrogens is 288 g/mol. The molecule has 0 spiro atoms. The number of carbonyl (C=O) groups is 1. The molecule has 2 aromatic rings. The van der Waals surface area contributed by atoms with E-state index in [2.05, 4.69) is 21.0 Å². The molecule has 0 aliphatic rings. The molecule has 0 bridgehead atoms. The molecule has 0 aromatic carbocycles. The Morgan fingerprint density at radius 3 is 2.65 bits per heavy atom.